The van der Waals surface area contributed by atoms with Crippen molar-refractivity contribution in [3.05, 3.63) is 11.6 Å². The van der Waals surface area contributed by atoms with Crippen molar-refractivity contribution in [2.75, 3.05) is 0 Å². The lowest BCUT2D eigenvalue weighted by Crippen LogP contribution is -2.66. The maximum Gasteiger partial charge on any atom is 0.310 e. The van der Waals surface area contributed by atoms with E-state index < -0.39 is 11.4 Å². The largest absolute Gasteiger partial charge is 0.481 e. The summed E-state index contributed by atoms with van der Waals surface area (Å²) in [6, 6.07) is 0. The molecule has 3 heteroatoms. The smallest absolute Gasteiger partial charge is 0.310 e. The highest BCUT2D eigenvalue weighted by Gasteiger charge is 2.71. The molecule has 0 aromatic heterocycles. The van der Waals surface area contributed by atoms with E-state index in [0.717, 1.165) is 51.4 Å². The van der Waals surface area contributed by atoms with E-state index in [2.05, 4.69) is 54.5 Å². The molecule has 4 saturated carbocycles. The van der Waals surface area contributed by atoms with E-state index in [9.17, 15) is 15.0 Å². The normalized spacial score (nSPS) is 55.3. The van der Waals surface area contributed by atoms with E-state index in [1.54, 1.807) is 0 Å². The number of hydrogen-bond acceptors (Lipinski definition) is 2. The molecule has 0 unspecified atom stereocenters. The summed E-state index contributed by atoms with van der Waals surface area (Å²) in [6.07, 6.45) is 12.6. The summed E-state index contributed by atoms with van der Waals surface area (Å²) in [6.45, 7) is 16.9. The highest BCUT2D eigenvalue weighted by molar-refractivity contribution is 5.77. The number of aliphatic hydroxyl groups excluding tert-OH is 1. The SMILES string of the molecule is C[C@@H]1CC[C@]2(C(=O)O)CC[C@]3(C)C(=CC[C@@H]4[C@@]5(C)CC[C@H](O)C(C)(C)[C@@H]5CC[C@]43C)[C@]2(C)C1. The van der Waals surface area contributed by atoms with Gasteiger partial charge in [0.1, 0.15) is 0 Å². The summed E-state index contributed by atoms with van der Waals surface area (Å²) in [5.41, 5.74) is 1.14. The van der Waals surface area contributed by atoms with Gasteiger partial charge in [0.15, 0.2) is 0 Å². The van der Waals surface area contributed by atoms with Gasteiger partial charge in [-0.05, 0) is 104 Å². The molecule has 5 aliphatic carbocycles. The highest BCUT2D eigenvalue weighted by Crippen LogP contribution is 2.77. The molecule has 0 amide bonds. The molecule has 3 nitrogen and oxygen atoms in total. The standard InChI is InChI=1S/C30H48O3/c1-19-10-15-30(24(32)33)17-16-28(6)22(29(30,7)18-19)9-8-21-26(4)13-12-23(31)25(2,3)20(26)11-14-27(21,28)5/h9,19-21,23,31H,8,10-18H2,1-7H3,(H,32,33)/t19-,20+,21-,23+,26+,27-,28-,29+,30-/m1/s1. The number of aliphatic carboxylic acids is 1. The molecule has 186 valence electrons. The first-order valence-corrected chi connectivity index (χ1v) is 13.8. The minimum Gasteiger partial charge on any atom is -0.481 e. The lowest BCUT2D eigenvalue weighted by Gasteiger charge is -2.72. The van der Waals surface area contributed by atoms with Crippen molar-refractivity contribution in [3.8, 4) is 0 Å². The monoisotopic (exact) mass is 456 g/mol. The maximum absolute atomic E-state index is 12.9. The van der Waals surface area contributed by atoms with Crippen LogP contribution >= 0.6 is 0 Å². The molecule has 0 bridgehead atoms. The molecular formula is C30H48O3. The number of carboxylic acids is 1. The molecule has 0 aromatic carbocycles. The molecule has 9 atom stereocenters. The van der Waals surface area contributed by atoms with Crippen LogP contribution in [0.15, 0.2) is 11.6 Å². The first-order valence-electron chi connectivity index (χ1n) is 13.8. The van der Waals surface area contributed by atoms with Crippen LogP contribution in [0.3, 0.4) is 0 Å². The molecule has 0 saturated heterocycles. The molecule has 5 rings (SSSR count). The van der Waals surface area contributed by atoms with Crippen molar-refractivity contribution in [2.24, 2.45) is 50.2 Å². The Morgan fingerprint density at radius 2 is 1.58 bits per heavy atom. The van der Waals surface area contributed by atoms with Crippen LogP contribution in [0.25, 0.3) is 0 Å². The topological polar surface area (TPSA) is 57.5 Å². The van der Waals surface area contributed by atoms with Crippen LogP contribution in [0.4, 0.5) is 0 Å². The molecule has 0 aromatic rings. The Kier molecular flexibility index (Phi) is 4.99. The average Bonchev–Trinajstić information content (AvgIpc) is 2.71. The number of hydrogen-bond donors (Lipinski definition) is 2. The fourth-order valence-electron chi connectivity index (χ4n) is 11.2. The summed E-state index contributed by atoms with van der Waals surface area (Å²) in [4.78, 5) is 12.9. The van der Waals surface area contributed by atoms with Crippen LogP contribution in [0.2, 0.25) is 0 Å². The Labute approximate surface area is 201 Å². The van der Waals surface area contributed by atoms with Crippen molar-refractivity contribution in [1.82, 2.24) is 0 Å². The molecule has 33 heavy (non-hydrogen) atoms. The molecule has 0 heterocycles. The Morgan fingerprint density at radius 1 is 0.879 bits per heavy atom. The van der Waals surface area contributed by atoms with E-state index in [1.165, 1.54) is 18.4 Å². The predicted octanol–water partition coefficient (Wildman–Crippen LogP) is 7.23. The Hall–Kier alpha value is -0.830. The van der Waals surface area contributed by atoms with Gasteiger partial charge in [-0.2, -0.15) is 0 Å². The molecule has 2 N–H and O–H groups in total. The third-order valence-corrected chi connectivity index (χ3v) is 13.4. The van der Waals surface area contributed by atoms with Crippen molar-refractivity contribution in [3.63, 3.8) is 0 Å². The van der Waals surface area contributed by atoms with Gasteiger partial charge < -0.3 is 10.2 Å². The number of rotatable bonds is 1. The Bertz CT molecular complexity index is 889. The van der Waals surface area contributed by atoms with E-state index in [-0.39, 0.29) is 33.2 Å². The second-order valence-corrected chi connectivity index (χ2v) is 14.7. The quantitative estimate of drug-likeness (QED) is 0.409. The van der Waals surface area contributed by atoms with Crippen LogP contribution < -0.4 is 0 Å². The Balaban J connectivity index is 1.63. The van der Waals surface area contributed by atoms with Gasteiger partial charge in [0, 0.05) is 5.41 Å². The first kappa shape index (κ1) is 23.9. The van der Waals surface area contributed by atoms with E-state index in [4.69, 9.17) is 0 Å². The average molecular weight is 457 g/mol. The molecule has 0 spiro atoms. The zero-order chi connectivity index (χ0) is 24.2. The van der Waals surface area contributed by atoms with Crippen LogP contribution in [-0.2, 0) is 4.79 Å². The fourth-order valence-corrected chi connectivity index (χ4v) is 11.2. The lowest BCUT2D eigenvalue weighted by molar-refractivity contribution is -0.211. The predicted molar refractivity (Wildman–Crippen MR) is 133 cm³/mol. The minimum absolute atomic E-state index is 0.0327. The number of allylic oxidation sites excluding steroid dienone is 2. The van der Waals surface area contributed by atoms with Gasteiger partial charge in [-0.3, -0.25) is 4.79 Å². The van der Waals surface area contributed by atoms with Gasteiger partial charge in [-0.15, -0.1) is 0 Å². The lowest BCUT2D eigenvalue weighted by atomic mass is 9.32. The molecule has 0 aliphatic heterocycles. The number of carbonyl (C=O) groups is 1. The van der Waals surface area contributed by atoms with Gasteiger partial charge >= 0.3 is 5.97 Å². The second-order valence-electron chi connectivity index (χ2n) is 14.7. The number of aliphatic hydroxyl groups is 1. The summed E-state index contributed by atoms with van der Waals surface area (Å²) in [5.74, 6) is 1.19. The first-order chi connectivity index (χ1) is 15.2. The van der Waals surface area contributed by atoms with Crippen molar-refractivity contribution in [1.29, 1.82) is 0 Å². The van der Waals surface area contributed by atoms with Gasteiger partial charge in [-0.1, -0.05) is 60.1 Å². The summed E-state index contributed by atoms with van der Waals surface area (Å²) < 4.78 is 0. The zero-order valence-electron chi connectivity index (χ0n) is 22.3. The van der Waals surface area contributed by atoms with Gasteiger partial charge in [-0.25, -0.2) is 0 Å². The van der Waals surface area contributed by atoms with E-state index in [1.807, 2.05) is 0 Å². The molecular weight excluding hydrogens is 408 g/mol. The zero-order valence-corrected chi connectivity index (χ0v) is 22.3. The van der Waals surface area contributed by atoms with Crippen LogP contribution in [0.5, 0.6) is 0 Å². The van der Waals surface area contributed by atoms with Crippen molar-refractivity contribution >= 4 is 5.97 Å². The minimum atomic E-state index is -0.591. The van der Waals surface area contributed by atoms with E-state index in [0.29, 0.717) is 17.8 Å². The Morgan fingerprint density at radius 3 is 2.24 bits per heavy atom. The van der Waals surface area contributed by atoms with Crippen molar-refractivity contribution in [2.45, 2.75) is 119 Å². The second kappa shape index (κ2) is 6.89. The van der Waals surface area contributed by atoms with Crippen LogP contribution in [0.1, 0.15) is 113 Å². The maximum atomic E-state index is 12.9. The summed E-state index contributed by atoms with van der Waals surface area (Å²) in [5, 5.41) is 21.5. The van der Waals surface area contributed by atoms with Gasteiger partial charge in [0.05, 0.1) is 11.5 Å². The number of fused-ring (bicyclic) bond motifs is 7. The summed E-state index contributed by atoms with van der Waals surface area (Å²) in [7, 11) is 0. The molecule has 0 radical (unpaired) electrons. The third-order valence-electron chi connectivity index (χ3n) is 13.4. The highest BCUT2D eigenvalue weighted by atomic mass is 16.4. The van der Waals surface area contributed by atoms with Gasteiger partial charge in [0.25, 0.3) is 0 Å². The summed E-state index contributed by atoms with van der Waals surface area (Å²) >= 11 is 0. The number of carboxylic acid groups (broad SMARTS) is 1. The van der Waals surface area contributed by atoms with E-state index >= 15 is 0 Å². The molecule has 5 aliphatic rings. The molecule has 4 fully saturated rings. The fraction of sp³-hybridized carbons (Fsp3) is 0.900. The van der Waals surface area contributed by atoms with Crippen LogP contribution in [-0.4, -0.2) is 22.3 Å². The van der Waals surface area contributed by atoms with Gasteiger partial charge in [0.2, 0.25) is 0 Å². The van der Waals surface area contributed by atoms with Crippen LogP contribution in [0, 0.1) is 50.2 Å². The third kappa shape index (κ3) is 2.64. The van der Waals surface area contributed by atoms with Crippen molar-refractivity contribution < 1.29 is 15.0 Å².